The predicted molar refractivity (Wildman–Crippen MR) is 83.0 cm³/mol. The average molecular weight is 327 g/mol. The molecular formula is C14H21N3O4S. The average Bonchev–Trinajstić information content (AvgIpc) is 2.46. The van der Waals surface area contributed by atoms with Crippen molar-refractivity contribution in [1.29, 1.82) is 0 Å². The maximum atomic E-state index is 12.3. The third-order valence-corrected chi connectivity index (χ3v) is 4.61. The highest BCUT2D eigenvalue weighted by Gasteiger charge is 2.28. The first kappa shape index (κ1) is 16.9. The standard InChI is InChI=1S/C14H21N3O4S/c1-3-10-4-5-11(8-12(10)22(15,19)20)17-14(18)13-9(2)21-7-6-16-13/h4-5,8-9,13,16H,3,6-7H2,1-2H3,(H,17,18)(H2,15,19,20)/t9-,13+/m1/s1. The largest absolute Gasteiger partial charge is 0.375 e. The van der Waals surface area contributed by atoms with Gasteiger partial charge >= 0.3 is 0 Å². The van der Waals surface area contributed by atoms with E-state index in [2.05, 4.69) is 10.6 Å². The van der Waals surface area contributed by atoms with E-state index in [0.29, 0.717) is 30.8 Å². The summed E-state index contributed by atoms with van der Waals surface area (Å²) in [5.74, 6) is -0.267. The van der Waals surface area contributed by atoms with Crippen LogP contribution in [0.2, 0.25) is 0 Å². The molecule has 22 heavy (non-hydrogen) atoms. The molecule has 1 aromatic carbocycles. The number of nitrogens with two attached hydrogens (primary N) is 1. The lowest BCUT2D eigenvalue weighted by atomic mass is 10.1. The van der Waals surface area contributed by atoms with Crippen LogP contribution in [0.4, 0.5) is 5.69 Å². The van der Waals surface area contributed by atoms with Gasteiger partial charge in [-0.1, -0.05) is 13.0 Å². The molecule has 1 fully saturated rings. The SMILES string of the molecule is CCc1ccc(NC(=O)[C@H]2NCCO[C@@H]2C)cc1S(N)(=O)=O. The van der Waals surface area contributed by atoms with E-state index < -0.39 is 16.1 Å². The number of morpholine rings is 1. The summed E-state index contributed by atoms with van der Waals surface area (Å²) in [4.78, 5) is 12.3. The molecule has 1 aliphatic heterocycles. The summed E-state index contributed by atoms with van der Waals surface area (Å²) in [6.07, 6.45) is 0.288. The Balaban J connectivity index is 2.21. The van der Waals surface area contributed by atoms with Crippen LogP contribution in [0.5, 0.6) is 0 Å². The maximum Gasteiger partial charge on any atom is 0.244 e. The van der Waals surface area contributed by atoms with Crippen LogP contribution < -0.4 is 15.8 Å². The van der Waals surface area contributed by atoms with Crippen LogP contribution in [-0.2, 0) is 26.0 Å². The number of sulfonamides is 1. The van der Waals surface area contributed by atoms with Gasteiger partial charge in [0, 0.05) is 12.2 Å². The van der Waals surface area contributed by atoms with Gasteiger partial charge in [0.05, 0.1) is 17.6 Å². The molecule has 4 N–H and O–H groups in total. The zero-order chi connectivity index (χ0) is 16.3. The lowest BCUT2D eigenvalue weighted by Gasteiger charge is -2.29. The van der Waals surface area contributed by atoms with Crippen molar-refractivity contribution in [1.82, 2.24) is 5.32 Å². The van der Waals surface area contributed by atoms with Gasteiger partial charge in [-0.15, -0.1) is 0 Å². The van der Waals surface area contributed by atoms with E-state index in [1.165, 1.54) is 6.07 Å². The third kappa shape index (κ3) is 3.83. The summed E-state index contributed by atoms with van der Waals surface area (Å²) in [5.41, 5.74) is 1.01. The molecule has 7 nitrogen and oxygen atoms in total. The van der Waals surface area contributed by atoms with E-state index >= 15 is 0 Å². The minimum Gasteiger partial charge on any atom is -0.375 e. The van der Waals surface area contributed by atoms with Crippen LogP contribution >= 0.6 is 0 Å². The van der Waals surface area contributed by atoms with Crippen LogP contribution in [0.25, 0.3) is 0 Å². The maximum absolute atomic E-state index is 12.3. The molecule has 1 aliphatic rings. The first-order valence-electron chi connectivity index (χ1n) is 7.14. The molecule has 0 spiro atoms. The summed E-state index contributed by atoms with van der Waals surface area (Å²) >= 11 is 0. The molecule has 0 unspecified atom stereocenters. The minimum atomic E-state index is -3.83. The van der Waals surface area contributed by atoms with Gasteiger partial charge in [0.25, 0.3) is 0 Å². The highest BCUT2D eigenvalue weighted by atomic mass is 32.2. The van der Waals surface area contributed by atoms with Crippen molar-refractivity contribution < 1.29 is 17.9 Å². The Bertz CT molecular complexity index is 660. The number of rotatable bonds is 4. The number of hydrogen-bond donors (Lipinski definition) is 3. The number of primary sulfonamides is 1. The molecule has 8 heteroatoms. The second-order valence-electron chi connectivity index (χ2n) is 5.22. The minimum absolute atomic E-state index is 0.0358. The van der Waals surface area contributed by atoms with Crippen molar-refractivity contribution in [3.05, 3.63) is 23.8 Å². The fourth-order valence-corrected chi connectivity index (χ4v) is 3.31. The summed E-state index contributed by atoms with van der Waals surface area (Å²) in [6, 6.07) is 4.24. The summed E-state index contributed by atoms with van der Waals surface area (Å²) < 4.78 is 28.7. The van der Waals surface area contributed by atoms with Crippen LogP contribution in [0.1, 0.15) is 19.4 Å². The van der Waals surface area contributed by atoms with Crippen molar-refractivity contribution in [3.63, 3.8) is 0 Å². The van der Waals surface area contributed by atoms with Crippen LogP contribution in [-0.4, -0.2) is 39.6 Å². The van der Waals surface area contributed by atoms with E-state index in [1.54, 1.807) is 12.1 Å². The van der Waals surface area contributed by atoms with Crippen molar-refractivity contribution >= 4 is 21.6 Å². The normalized spacial score (nSPS) is 22.3. The smallest absolute Gasteiger partial charge is 0.244 e. The summed E-state index contributed by atoms with van der Waals surface area (Å²) in [7, 11) is -3.83. The molecule has 0 radical (unpaired) electrons. The zero-order valence-electron chi connectivity index (χ0n) is 12.6. The quantitative estimate of drug-likeness (QED) is 0.732. The van der Waals surface area contributed by atoms with E-state index in [9.17, 15) is 13.2 Å². The number of amides is 1. The first-order chi connectivity index (χ1) is 10.3. The van der Waals surface area contributed by atoms with Crippen LogP contribution in [0.15, 0.2) is 23.1 Å². The van der Waals surface area contributed by atoms with Crippen molar-refractivity contribution in [2.45, 2.75) is 37.3 Å². The van der Waals surface area contributed by atoms with Gasteiger partial charge in [-0.2, -0.15) is 0 Å². The van der Waals surface area contributed by atoms with Crippen molar-refractivity contribution in [3.8, 4) is 0 Å². The summed E-state index contributed by atoms with van der Waals surface area (Å²) in [5, 5.41) is 11.0. The highest BCUT2D eigenvalue weighted by Crippen LogP contribution is 2.21. The molecule has 2 rings (SSSR count). The number of nitrogens with one attached hydrogen (secondary N) is 2. The van der Waals surface area contributed by atoms with Crippen molar-refractivity contribution in [2.24, 2.45) is 5.14 Å². The number of carbonyl (C=O) groups is 1. The molecule has 2 atom stereocenters. The fourth-order valence-electron chi connectivity index (χ4n) is 2.44. The second-order valence-corrected chi connectivity index (χ2v) is 6.75. The highest BCUT2D eigenvalue weighted by molar-refractivity contribution is 7.89. The molecule has 1 amide bonds. The molecular weight excluding hydrogens is 306 g/mol. The van der Waals surface area contributed by atoms with Gasteiger partial charge in [0.1, 0.15) is 6.04 Å². The molecule has 1 heterocycles. The Morgan fingerprint density at radius 1 is 1.50 bits per heavy atom. The fraction of sp³-hybridized carbons (Fsp3) is 0.500. The number of carbonyl (C=O) groups excluding carboxylic acids is 1. The van der Waals surface area contributed by atoms with E-state index in [4.69, 9.17) is 9.88 Å². The van der Waals surface area contributed by atoms with Gasteiger partial charge in [0.15, 0.2) is 0 Å². The molecule has 0 bridgehead atoms. The van der Waals surface area contributed by atoms with Gasteiger partial charge in [-0.05, 0) is 31.0 Å². The Morgan fingerprint density at radius 2 is 2.23 bits per heavy atom. The molecule has 0 saturated carbocycles. The molecule has 0 aromatic heterocycles. The Kier molecular flexibility index (Phi) is 5.17. The number of ether oxygens (including phenoxy) is 1. The van der Waals surface area contributed by atoms with Crippen LogP contribution in [0.3, 0.4) is 0 Å². The lowest BCUT2D eigenvalue weighted by Crippen LogP contribution is -2.53. The molecule has 1 aromatic rings. The first-order valence-corrected chi connectivity index (χ1v) is 8.69. The van der Waals surface area contributed by atoms with Gasteiger partial charge in [-0.25, -0.2) is 13.6 Å². The number of aryl methyl sites for hydroxylation is 1. The van der Waals surface area contributed by atoms with Gasteiger partial charge in [0.2, 0.25) is 15.9 Å². The number of anilines is 1. The lowest BCUT2D eigenvalue weighted by molar-refractivity contribution is -0.123. The zero-order valence-corrected chi connectivity index (χ0v) is 13.4. The van der Waals surface area contributed by atoms with Crippen LogP contribution in [0, 0.1) is 0 Å². The summed E-state index contributed by atoms with van der Waals surface area (Å²) in [6.45, 7) is 4.81. The van der Waals surface area contributed by atoms with Gasteiger partial charge in [-0.3, -0.25) is 4.79 Å². The molecule has 1 saturated heterocycles. The van der Waals surface area contributed by atoms with E-state index in [-0.39, 0.29) is 16.9 Å². The molecule has 0 aliphatic carbocycles. The predicted octanol–water partition coefficient (Wildman–Crippen LogP) is 0.212. The van der Waals surface area contributed by atoms with E-state index in [0.717, 1.165) is 0 Å². The van der Waals surface area contributed by atoms with Gasteiger partial charge < -0.3 is 15.4 Å². The van der Waals surface area contributed by atoms with E-state index in [1.807, 2.05) is 13.8 Å². The number of hydrogen-bond acceptors (Lipinski definition) is 5. The van der Waals surface area contributed by atoms with Crippen molar-refractivity contribution in [2.75, 3.05) is 18.5 Å². The monoisotopic (exact) mass is 327 g/mol. The topological polar surface area (TPSA) is 111 Å². The Morgan fingerprint density at radius 3 is 2.82 bits per heavy atom. The second kappa shape index (κ2) is 6.74. The number of benzene rings is 1. The Hall–Kier alpha value is -1.48. The molecule has 122 valence electrons. The third-order valence-electron chi connectivity index (χ3n) is 3.62. The Labute approximate surface area is 130 Å².